The number of allylic oxidation sites excluding steroid dienone is 3. The maximum Gasteiger partial charge on any atom is 0.355 e. The van der Waals surface area contributed by atoms with Gasteiger partial charge in [0.15, 0.2) is 5.78 Å². The van der Waals surface area contributed by atoms with Crippen molar-refractivity contribution in [3.8, 4) is 0 Å². The fourth-order valence-electron chi connectivity index (χ4n) is 9.32. The highest BCUT2D eigenvalue weighted by Gasteiger charge is 2.59. The fourth-order valence-corrected chi connectivity index (χ4v) is 9.32. The molecule has 0 radical (unpaired) electrons. The van der Waals surface area contributed by atoms with E-state index in [1.807, 2.05) is 13.8 Å². The number of amides is 1. The molecule has 350 valence electrons. The molecule has 2 N–H and O–H groups in total. The van der Waals surface area contributed by atoms with E-state index in [9.17, 15) is 34.2 Å². The number of carbonyl (C=O) groups excluding carboxylic acids is 5. The fraction of sp³-hybridized carbons (Fsp3) is 0.783. The van der Waals surface area contributed by atoms with Crippen LogP contribution in [0.25, 0.3) is 0 Å². The molecule has 0 bridgehead atoms. The Morgan fingerprint density at radius 3 is 2.47 bits per heavy atom. The van der Waals surface area contributed by atoms with E-state index < -0.39 is 89.7 Å². The molecule has 3 aliphatic heterocycles. The first-order valence-electron chi connectivity index (χ1n) is 22.5. The zero-order chi connectivity index (χ0) is 45.9. The Bertz CT molecular complexity index is 1670. The summed E-state index contributed by atoms with van der Waals surface area (Å²) < 4.78 is 49.3. The van der Waals surface area contributed by atoms with Gasteiger partial charge in [0.05, 0.1) is 31.0 Å². The quantitative estimate of drug-likeness (QED) is 0.124. The lowest BCUT2D eigenvalue weighted by Crippen LogP contribution is -2.67. The summed E-state index contributed by atoms with van der Waals surface area (Å²) in [5.41, 5.74) is -1.24. The van der Waals surface area contributed by atoms with Crippen molar-refractivity contribution in [2.75, 3.05) is 34.0 Å². The highest BCUT2D eigenvalue weighted by atomic mass is 19.1. The standard InChI is InChI=1S/C46H71FN2O13/c1-10-14-27(3)21-33-17-19-48-45(18-12-13-20-49(45)43(54)42(53)46(56)29(5)23-38(58-9)41(62-46)31(7)57-8)44(55)61-40(30(6)35(50)25-36(33)51)28(4)22-32-15-16-37(34(47)24-32)60-26-39(52)59-11-2/h17,19,22,27,29-32,34-35,37-38,40-41,50,56H,10-16,18,20-21,23-26H2,1-9H3/b28-22?,33-17+,48-19?. The third kappa shape index (κ3) is 12.0. The predicted octanol–water partition coefficient (Wildman–Crippen LogP) is 5.17. The Labute approximate surface area is 366 Å². The highest BCUT2D eigenvalue weighted by molar-refractivity contribution is 6.39. The zero-order valence-electron chi connectivity index (χ0n) is 38.1. The molecule has 1 aliphatic carbocycles. The summed E-state index contributed by atoms with van der Waals surface area (Å²) in [4.78, 5) is 75.5. The van der Waals surface area contributed by atoms with Crippen molar-refractivity contribution in [1.82, 2.24) is 4.90 Å². The molecule has 62 heavy (non-hydrogen) atoms. The van der Waals surface area contributed by atoms with Crippen LogP contribution in [0, 0.1) is 23.7 Å². The van der Waals surface area contributed by atoms with Gasteiger partial charge in [-0.25, -0.2) is 14.0 Å². The number of nitrogens with zero attached hydrogens (tertiary/aromatic N) is 2. The normalized spacial score (nSPS) is 35.8. The molecule has 1 amide bonds. The first kappa shape index (κ1) is 51.2. The first-order valence-corrected chi connectivity index (χ1v) is 22.5. The third-order valence-corrected chi connectivity index (χ3v) is 13.2. The van der Waals surface area contributed by atoms with Crippen LogP contribution >= 0.6 is 0 Å². The number of hydrogen-bond acceptors (Lipinski definition) is 14. The van der Waals surface area contributed by atoms with E-state index in [4.69, 9.17) is 33.4 Å². The van der Waals surface area contributed by atoms with E-state index in [2.05, 4.69) is 0 Å². The SMILES string of the molecule is CCCC(C)C/C1=C\C=NC2(CCCCN2C(=O)C(=O)C2(O)OC(C(C)OC)C(OC)CC2C)C(=O)OC(C(C)=CC2CCC(OCC(=O)OCC)C(F)C2)C(C)C(O)CC1=O. The number of methoxy groups -OCH3 is 2. The van der Waals surface area contributed by atoms with Gasteiger partial charge in [0.2, 0.25) is 11.4 Å². The number of cyclic esters (lactones) is 1. The van der Waals surface area contributed by atoms with Crippen LogP contribution in [0.5, 0.6) is 0 Å². The minimum absolute atomic E-state index is 0.0552. The molecule has 16 heteroatoms. The molecule has 1 spiro atoms. The molecule has 0 aromatic rings. The molecule has 2 saturated heterocycles. The minimum atomic E-state index is -2.60. The molecule has 0 aromatic carbocycles. The Hall–Kier alpha value is -3.41. The van der Waals surface area contributed by atoms with Crippen LogP contribution in [0.4, 0.5) is 4.39 Å². The number of aliphatic hydroxyl groups is 2. The van der Waals surface area contributed by atoms with Crippen molar-refractivity contribution in [3.05, 3.63) is 23.3 Å². The van der Waals surface area contributed by atoms with Crippen molar-refractivity contribution >= 4 is 35.6 Å². The summed E-state index contributed by atoms with van der Waals surface area (Å²) in [7, 11) is 2.93. The number of carbonyl (C=O) groups is 5. The van der Waals surface area contributed by atoms with Gasteiger partial charge in [0, 0.05) is 51.7 Å². The number of hydrogen-bond donors (Lipinski definition) is 2. The number of Topliss-reactive ketones (excluding diaryl/α,β-unsaturated/α-hetero) is 2. The van der Waals surface area contributed by atoms with Crippen molar-refractivity contribution in [2.24, 2.45) is 28.7 Å². The smallest absolute Gasteiger partial charge is 0.355 e. The molecule has 3 heterocycles. The average molecular weight is 879 g/mol. The van der Waals surface area contributed by atoms with Crippen molar-refractivity contribution in [1.29, 1.82) is 0 Å². The van der Waals surface area contributed by atoms with E-state index in [0.29, 0.717) is 43.3 Å². The number of piperidine rings is 1. The van der Waals surface area contributed by atoms with E-state index in [1.165, 1.54) is 26.5 Å². The van der Waals surface area contributed by atoms with Crippen LogP contribution in [0.1, 0.15) is 119 Å². The number of alkyl halides is 1. The van der Waals surface area contributed by atoms with Crippen LogP contribution < -0.4 is 0 Å². The molecule has 3 fully saturated rings. The van der Waals surface area contributed by atoms with Gasteiger partial charge in [-0.2, -0.15) is 0 Å². The Balaban J connectivity index is 1.76. The molecule has 4 rings (SSSR count). The number of ketones is 2. The number of aliphatic imine (C=N–C) groups is 1. The lowest BCUT2D eigenvalue weighted by atomic mass is 9.82. The van der Waals surface area contributed by atoms with Gasteiger partial charge in [0.25, 0.3) is 11.7 Å². The second-order valence-electron chi connectivity index (χ2n) is 17.8. The third-order valence-electron chi connectivity index (χ3n) is 13.2. The largest absolute Gasteiger partial charge is 0.464 e. The van der Waals surface area contributed by atoms with Crippen LogP contribution in [-0.2, 0) is 52.4 Å². The van der Waals surface area contributed by atoms with Crippen molar-refractivity contribution in [2.45, 2.75) is 173 Å². The maximum atomic E-state index is 15.5. The van der Waals surface area contributed by atoms with Crippen LogP contribution in [0.3, 0.4) is 0 Å². The molecule has 0 aromatic heterocycles. The predicted molar refractivity (Wildman–Crippen MR) is 226 cm³/mol. The molecule has 13 atom stereocenters. The Morgan fingerprint density at radius 2 is 1.82 bits per heavy atom. The van der Waals surface area contributed by atoms with Gasteiger partial charge in [-0.1, -0.05) is 46.6 Å². The molecular weight excluding hydrogens is 808 g/mol. The maximum absolute atomic E-state index is 15.5. The van der Waals surface area contributed by atoms with E-state index in [0.717, 1.165) is 17.7 Å². The molecule has 15 nitrogen and oxygen atoms in total. The summed E-state index contributed by atoms with van der Waals surface area (Å²) in [6.07, 6.45) is 1.48. The second-order valence-corrected chi connectivity index (χ2v) is 17.8. The summed E-state index contributed by atoms with van der Waals surface area (Å²) >= 11 is 0. The number of ether oxygens (including phenoxy) is 6. The summed E-state index contributed by atoms with van der Waals surface area (Å²) in [6, 6.07) is 0. The van der Waals surface area contributed by atoms with Crippen molar-refractivity contribution in [3.63, 3.8) is 0 Å². The Morgan fingerprint density at radius 1 is 1.10 bits per heavy atom. The van der Waals surface area contributed by atoms with E-state index in [1.54, 1.807) is 40.7 Å². The first-order chi connectivity index (χ1) is 29.4. The zero-order valence-corrected chi connectivity index (χ0v) is 38.1. The highest BCUT2D eigenvalue weighted by Crippen LogP contribution is 2.40. The van der Waals surface area contributed by atoms with Gasteiger partial charge in [0.1, 0.15) is 25.0 Å². The number of halogens is 1. The minimum Gasteiger partial charge on any atom is -0.464 e. The lowest BCUT2D eigenvalue weighted by molar-refractivity contribution is -0.300. The lowest BCUT2D eigenvalue weighted by Gasteiger charge is -2.47. The number of rotatable bonds is 15. The summed E-state index contributed by atoms with van der Waals surface area (Å²) in [5.74, 6) is -8.94. The average Bonchev–Trinajstić information content (AvgIpc) is 3.24. The molecule has 1 saturated carbocycles. The molecule has 4 aliphatic rings. The summed E-state index contributed by atoms with van der Waals surface area (Å²) in [5, 5.41) is 23.6. The Kier molecular flexibility index (Phi) is 19.0. The second kappa shape index (κ2) is 23.0. The van der Waals surface area contributed by atoms with Crippen molar-refractivity contribution < 1.29 is 67.0 Å². The van der Waals surface area contributed by atoms with Crippen LogP contribution in [-0.4, -0.2) is 139 Å². The topological polar surface area (TPSA) is 197 Å². The summed E-state index contributed by atoms with van der Waals surface area (Å²) in [6.45, 7) is 12.1. The van der Waals surface area contributed by atoms with Crippen LogP contribution in [0.15, 0.2) is 28.3 Å². The van der Waals surface area contributed by atoms with Gasteiger partial charge in [-0.3, -0.25) is 19.4 Å². The van der Waals surface area contributed by atoms with E-state index >= 15 is 4.39 Å². The monoisotopic (exact) mass is 878 g/mol. The van der Waals surface area contributed by atoms with Gasteiger partial charge >= 0.3 is 11.9 Å². The van der Waals surface area contributed by atoms with E-state index in [-0.39, 0.29) is 63.1 Å². The number of esters is 2. The molecular formula is C46H71FN2O13. The van der Waals surface area contributed by atoms with Gasteiger partial charge < -0.3 is 43.5 Å². The molecule has 13 unspecified atom stereocenters. The number of aliphatic hydroxyl groups excluding tert-OH is 1. The van der Waals surface area contributed by atoms with Gasteiger partial charge in [-0.05, 0) is 94.8 Å². The van der Waals surface area contributed by atoms with Gasteiger partial charge in [-0.15, -0.1) is 0 Å². The van der Waals surface area contributed by atoms with Crippen LogP contribution in [0.2, 0.25) is 0 Å². The number of likely N-dealkylation sites (tertiary alicyclic amines) is 1.